The summed E-state index contributed by atoms with van der Waals surface area (Å²) in [5.74, 6) is 2.29. The fourth-order valence-electron chi connectivity index (χ4n) is 4.72. The highest BCUT2D eigenvalue weighted by molar-refractivity contribution is 5.85. The van der Waals surface area contributed by atoms with Crippen molar-refractivity contribution in [2.45, 2.75) is 70.5 Å². The van der Waals surface area contributed by atoms with Crippen molar-refractivity contribution in [1.29, 1.82) is 0 Å². The van der Waals surface area contributed by atoms with Gasteiger partial charge in [-0.15, -0.1) is 24.8 Å². The van der Waals surface area contributed by atoms with Crippen molar-refractivity contribution >= 4 is 30.7 Å². The van der Waals surface area contributed by atoms with Crippen molar-refractivity contribution in [2.75, 3.05) is 32.8 Å². The number of likely N-dealkylation sites (tertiary alicyclic amines) is 1. The Morgan fingerprint density at radius 3 is 2.57 bits per heavy atom. The van der Waals surface area contributed by atoms with E-state index in [-0.39, 0.29) is 48.6 Å². The number of aromatic nitrogens is 1. The van der Waals surface area contributed by atoms with E-state index in [2.05, 4.69) is 23.7 Å². The molecule has 0 aliphatic carbocycles. The number of hydrogen-bond acceptors (Lipinski definition) is 6. The van der Waals surface area contributed by atoms with E-state index in [0.717, 1.165) is 82.3 Å². The molecule has 0 spiro atoms. The lowest BCUT2D eigenvalue weighted by atomic mass is 9.98. The first-order chi connectivity index (χ1) is 13.5. The van der Waals surface area contributed by atoms with Crippen LogP contribution in [0.3, 0.4) is 0 Å². The average Bonchev–Trinajstić information content (AvgIpc) is 3.04. The van der Waals surface area contributed by atoms with E-state index in [9.17, 15) is 4.79 Å². The molecular weight excluding hydrogens is 427 g/mol. The van der Waals surface area contributed by atoms with Crippen molar-refractivity contribution in [3.63, 3.8) is 0 Å². The van der Waals surface area contributed by atoms with Crippen LogP contribution < -0.4 is 5.73 Å². The fourth-order valence-corrected chi connectivity index (χ4v) is 4.72. The number of ether oxygens (including phenoxy) is 1. The molecule has 172 valence electrons. The predicted octanol–water partition coefficient (Wildman–Crippen LogP) is 2.74. The van der Waals surface area contributed by atoms with Gasteiger partial charge in [0.15, 0.2) is 5.89 Å². The van der Waals surface area contributed by atoms with E-state index >= 15 is 0 Å². The Labute approximate surface area is 191 Å². The maximum absolute atomic E-state index is 13.4. The minimum absolute atomic E-state index is 0. The van der Waals surface area contributed by atoms with Gasteiger partial charge in [-0.25, -0.2) is 4.98 Å². The Bertz CT molecular complexity index is 694. The van der Waals surface area contributed by atoms with Gasteiger partial charge in [0.2, 0.25) is 5.91 Å². The molecular formula is C21H36Cl2N4O3. The first kappa shape index (κ1) is 25.4. The van der Waals surface area contributed by atoms with Crippen molar-refractivity contribution < 1.29 is 13.9 Å². The summed E-state index contributed by atoms with van der Waals surface area (Å²) in [5.41, 5.74) is 7.29. The third-order valence-electron chi connectivity index (χ3n) is 6.42. The van der Waals surface area contributed by atoms with Crippen LogP contribution in [-0.2, 0) is 22.5 Å². The highest BCUT2D eigenvalue weighted by atomic mass is 35.5. The normalized spacial score (nSPS) is 25.8. The molecule has 30 heavy (non-hydrogen) atoms. The van der Waals surface area contributed by atoms with Crippen LogP contribution >= 0.6 is 24.8 Å². The summed E-state index contributed by atoms with van der Waals surface area (Å²) in [5, 5.41) is 0. The number of hydrogen-bond donors (Lipinski definition) is 1. The molecule has 3 aliphatic heterocycles. The molecule has 4 heterocycles. The van der Waals surface area contributed by atoms with Gasteiger partial charge in [0, 0.05) is 57.3 Å². The van der Waals surface area contributed by atoms with E-state index in [1.807, 2.05) is 4.90 Å². The van der Waals surface area contributed by atoms with Crippen LogP contribution in [0.5, 0.6) is 0 Å². The number of nitrogens with two attached hydrogens (primary N) is 1. The first-order valence-electron chi connectivity index (χ1n) is 10.9. The van der Waals surface area contributed by atoms with Crippen molar-refractivity contribution in [2.24, 2.45) is 11.7 Å². The highest BCUT2D eigenvalue weighted by Crippen LogP contribution is 2.28. The second-order valence-corrected chi connectivity index (χ2v) is 8.92. The molecule has 4 rings (SSSR count). The van der Waals surface area contributed by atoms with Gasteiger partial charge < -0.3 is 19.8 Å². The lowest BCUT2D eigenvalue weighted by molar-refractivity contribution is -0.137. The number of nitrogens with zero attached hydrogens (tertiary/aromatic N) is 3. The quantitative estimate of drug-likeness (QED) is 0.742. The van der Waals surface area contributed by atoms with Crippen LogP contribution in [0.1, 0.15) is 62.8 Å². The van der Waals surface area contributed by atoms with Crippen LogP contribution in [0.15, 0.2) is 4.42 Å². The van der Waals surface area contributed by atoms with E-state index in [0.29, 0.717) is 12.6 Å². The molecule has 3 aliphatic rings. The molecule has 7 nitrogen and oxygen atoms in total. The zero-order chi connectivity index (χ0) is 19.7. The molecule has 0 unspecified atom stereocenters. The smallest absolute Gasteiger partial charge is 0.227 e. The van der Waals surface area contributed by atoms with Crippen LogP contribution in [0.25, 0.3) is 0 Å². The zero-order valence-corrected chi connectivity index (χ0v) is 19.7. The summed E-state index contributed by atoms with van der Waals surface area (Å²) in [6.45, 7) is 8.79. The second kappa shape index (κ2) is 11.1. The minimum Gasteiger partial charge on any atom is -0.445 e. The maximum atomic E-state index is 13.4. The largest absolute Gasteiger partial charge is 0.445 e. The zero-order valence-electron chi connectivity index (χ0n) is 18.0. The van der Waals surface area contributed by atoms with Gasteiger partial charge in [0.1, 0.15) is 11.5 Å². The molecule has 0 saturated carbocycles. The summed E-state index contributed by atoms with van der Waals surface area (Å²) in [6, 6.07) is 0.642. The lowest BCUT2D eigenvalue weighted by Crippen LogP contribution is -2.48. The monoisotopic (exact) mass is 462 g/mol. The van der Waals surface area contributed by atoms with Gasteiger partial charge in [-0.2, -0.15) is 0 Å². The molecule has 0 aromatic carbocycles. The van der Waals surface area contributed by atoms with E-state index < -0.39 is 0 Å². The van der Waals surface area contributed by atoms with Gasteiger partial charge in [-0.05, 0) is 25.7 Å². The van der Waals surface area contributed by atoms with E-state index in [1.54, 1.807) is 0 Å². The Balaban J connectivity index is 0.00000160. The lowest BCUT2D eigenvalue weighted by Gasteiger charge is -2.36. The number of amides is 1. The van der Waals surface area contributed by atoms with Gasteiger partial charge in [0.25, 0.3) is 0 Å². The number of fused-ring (bicyclic) bond motifs is 1. The molecule has 0 radical (unpaired) electrons. The number of halogens is 2. The Morgan fingerprint density at radius 2 is 1.87 bits per heavy atom. The molecule has 1 aromatic heterocycles. The molecule has 1 amide bonds. The van der Waals surface area contributed by atoms with E-state index in [4.69, 9.17) is 14.9 Å². The number of carbonyl (C=O) groups excluding carboxylic acids is 1. The maximum Gasteiger partial charge on any atom is 0.227 e. The second-order valence-electron chi connectivity index (χ2n) is 8.92. The summed E-state index contributed by atoms with van der Waals surface area (Å²) < 4.78 is 11.4. The van der Waals surface area contributed by atoms with Gasteiger partial charge in [0.05, 0.1) is 12.5 Å². The molecule has 2 saturated heterocycles. The Hall–Kier alpha value is -0.860. The highest BCUT2D eigenvalue weighted by Gasteiger charge is 2.35. The fraction of sp³-hybridized carbons (Fsp3) is 0.810. The van der Waals surface area contributed by atoms with Crippen LogP contribution in [0, 0.1) is 5.92 Å². The molecule has 2 atom stereocenters. The molecule has 1 aromatic rings. The van der Waals surface area contributed by atoms with Gasteiger partial charge in [-0.1, -0.05) is 13.8 Å². The standard InChI is InChI=1S/C21H34N4O3.2ClH/c1-14(2)20-23-18-13-24(8-5-19(18)28-20)21(26)15-3-4-16(22)12-25(11-15)17-6-9-27-10-7-17;;/h14-17H,3-13,22H2,1-2H3;2*1H/t15-,16+;;/m0../s1. The van der Waals surface area contributed by atoms with E-state index in [1.165, 1.54) is 0 Å². The van der Waals surface area contributed by atoms with Crippen molar-refractivity contribution in [1.82, 2.24) is 14.8 Å². The summed E-state index contributed by atoms with van der Waals surface area (Å²) >= 11 is 0. The topological polar surface area (TPSA) is 84.8 Å². The average molecular weight is 463 g/mol. The van der Waals surface area contributed by atoms with Crippen molar-refractivity contribution in [3.8, 4) is 0 Å². The predicted molar refractivity (Wildman–Crippen MR) is 120 cm³/mol. The SMILES string of the molecule is CC(C)c1nc2c(o1)CCN(C(=O)[C@H]1CC[C@@H](N)CN(C3CCOCC3)C1)C2.Cl.Cl. The Morgan fingerprint density at radius 1 is 1.13 bits per heavy atom. The minimum atomic E-state index is 0. The third kappa shape index (κ3) is 5.68. The van der Waals surface area contributed by atoms with Gasteiger partial charge in [-0.3, -0.25) is 9.69 Å². The molecule has 2 N–H and O–H groups in total. The summed E-state index contributed by atoms with van der Waals surface area (Å²) in [7, 11) is 0. The number of carbonyl (C=O) groups is 1. The number of rotatable bonds is 3. The first-order valence-corrected chi connectivity index (χ1v) is 10.9. The molecule has 2 fully saturated rings. The van der Waals surface area contributed by atoms with Crippen molar-refractivity contribution in [3.05, 3.63) is 17.3 Å². The van der Waals surface area contributed by atoms with Crippen LogP contribution in [0.4, 0.5) is 0 Å². The summed E-state index contributed by atoms with van der Waals surface area (Å²) in [4.78, 5) is 22.5. The van der Waals surface area contributed by atoms with Crippen LogP contribution in [0.2, 0.25) is 0 Å². The number of oxazole rings is 1. The Kier molecular flexibility index (Phi) is 9.43. The van der Waals surface area contributed by atoms with Crippen LogP contribution in [-0.4, -0.2) is 65.6 Å². The third-order valence-corrected chi connectivity index (χ3v) is 6.42. The summed E-state index contributed by atoms with van der Waals surface area (Å²) in [6.07, 6.45) is 4.63. The molecule has 0 bridgehead atoms. The van der Waals surface area contributed by atoms with Gasteiger partial charge >= 0.3 is 0 Å². The molecule has 9 heteroatoms.